The van der Waals surface area contributed by atoms with Gasteiger partial charge in [-0.1, -0.05) is 25.4 Å². The number of rotatable bonds is 11. The Kier molecular flexibility index (Phi) is 10.9. The zero-order chi connectivity index (χ0) is 31.0. The van der Waals surface area contributed by atoms with E-state index in [0.29, 0.717) is 26.9 Å². The highest BCUT2D eigenvalue weighted by Gasteiger charge is 2.25. The van der Waals surface area contributed by atoms with Gasteiger partial charge < -0.3 is 10.1 Å². The van der Waals surface area contributed by atoms with E-state index >= 15 is 0 Å². The number of carbonyl (C=O) groups is 3. The third-order valence-electron chi connectivity index (χ3n) is 5.93. The molecular formula is C28H28ClN5O6S3. The lowest BCUT2D eigenvalue weighted by molar-refractivity contribution is -0.124. The molecular weight excluding hydrogens is 634 g/mol. The maximum atomic E-state index is 13.0. The monoisotopic (exact) mass is 661 g/mol. The molecule has 0 saturated carbocycles. The van der Waals surface area contributed by atoms with Crippen molar-refractivity contribution >= 4 is 62.0 Å². The molecule has 3 heterocycles. The summed E-state index contributed by atoms with van der Waals surface area (Å²) in [6.45, 7) is 3.78. The number of hydrogen-bond acceptors (Lipinski definition) is 10. The lowest BCUT2D eigenvalue weighted by atomic mass is 10.0. The summed E-state index contributed by atoms with van der Waals surface area (Å²) in [5, 5.41) is 6.70. The minimum atomic E-state index is -3.65. The molecule has 0 unspecified atom stereocenters. The first-order valence-electron chi connectivity index (χ1n) is 12.9. The fraction of sp³-hybridized carbons (Fsp3) is 0.250. The number of halogens is 1. The van der Waals surface area contributed by atoms with Crippen LogP contribution in [0, 0.1) is 5.92 Å². The molecule has 1 atom stereocenters. The Morgan fingerprint density at radius 3 is 2.42 bits per heavy atom. The van der Waals surface area contributed by atoms with Crippen molar-refractivity contribution in [2.24, 2.45) is 5.92 Å². The number of alkyl carbamates (subject to hydrolysis) is 1. The molecule has 0 aliphatic carbocycles. The predicted octanol–water partition coefficient (Wildman–Crippen LogP) is 5.00. The van der Waals surface area contributed by atoms with Crippen LogP contribution in [0.15, 0.2) is 70.5 Å². The van der Waals surface area contributed by atoms with E-state index in [1.54, 1.807) is 36.0 Å². The van der Waals surface area contributed by atoms with Crippen LogP contribution in [-0.4, -0.2) is 42.3 Å². The number of amides is 3. The SMILES string of the molecule is CC(C)C[C@@H](NC(=O)OCc1ccncc1)C(=O)NNC(=O)c1csc(-c2sccc2CS(=O)(=O)c2ccc(Cl)cc2)n1. The van der Waals surface area contributed by atoms with E-state index in [0.717, 1.165) is 5.56 Å². The molecule has 43 heavy (non-hydrogen) atoms. The number of nitrogens with zero attached hydrogens (tertiary/aromatic N) is 2. The second kappa shape index (κ2) is 14.6. The van der Waals surface area contributed by atoms with Crippen LogP contribution >= 0.6 is 34.3 Å². The number of ether oxygens (including phenoxy) is 1. The fourth-order valence-electron chi connectivity index (χ4n) is 3.83. The van der Waals surface area contributed by atoms with Crippen molar-refractivity contribution in [2.45, 2.75) is 43.6 Å². The molecule has 0 aliphatic rings. The number of sulfone groups is 1. The van der Waals surface area contributed by atoms with E-state index in [1.807, 2.05) is 13.8 Å². The summed E-state index contributed by atoms with van der Waals surface area (Å²) in [5.41, 5.74) is 5.98. The van der Waals surface area contributed by atoms with Crippen LogP contribution in [0.1, 0.15) is 41.9 Å². The minimum absolute atomic E-state index is 0.00623. The van der Waals surface area contributed by atoms with Crippen molar-refractivity contribution in [1.82, 2.24) is 26.1 Å². The molecule has 226 valence electrons. The molecule has 0 bridgehead atoms. The van der Waals surface area contributed by atoms with Gasteiger partial charge in [-0.2, -0.15) is 0 Å². The topological polar surface area (TPSA) is 156 Å². The first-order valence-corrected chi connectivity index (χ1v) is 16.7. The van der Waals surface area contributed by atoms with Gasteiger partial charge in [0, 0.05) is 22.8 Å². The first-order chi connectivity index (χ1) is 20.5. The van der Waals surface area contributed by atoms with Gasteiger partial charge >= 0.3 is 6.09 Å². The van der Waals surface area contributed by atoms with Crippen LogP contribution in [0.3, 0.4) is 0 Å². The quantitative estimate of drug-likeness (QED) is 0.190. The molecule has 3 N–H and O–H groups in total. The molecule has 0 radical (unpaired) electrons. The average Bonchev–Trinajstić information content (AvgIpc) is 3.64. The summed E-state index contributed by atoms with van der Waals surface area (Å²) < 4.78 is 31.1. The maximum absolute atomic E-state index is 13.0. The van der Waals surface area contributed by atoms with Gasteiger partial charge in [0.1, 0.15) is 23.4 Å². The number of benzene rings is 1. The number of nitrogens with one attached hydrogen (secondary N) is 3. The van der Waals surface area contributed by atoms with Crippen LogP contribution in [0.25, 0.3) is 9.88 Å². The molecule has 0 aliphatic heterocycles. The van der Waals surface area contributed by atoms with Crippen LogP contribution in [0.2, 0.25) is 5.02 Å². The Morgan fingerprint density at radius 2 is 1.72 bits per heavy atom. The molecule has 11 nitrogen and oxygen atoms in total. The number of aromatic nitrogens is 2. The number of pyridine rings is 1. The van der Waals surface area contributed by atoms with E-state index in [9.17, 15) is 22.8 Å². The Morgan fingerprint density at radius 1 is 1.00 bits per heavy atom. The summed E-state index contributed by atoms with van der Waals surface area (Å²) in [6, 6.07) is 10.1. The largest absolute Gasteiger partial charge is 0.445 e. The summed E-state index contributed by atoms with van der Waals surface area (Å²) in [5.74, 6) is -1.51. The Hall–Kier alpha value is -3.85. The van der Waals surface area contributed by atoms with E-state index < -0.39 is 33.8 Å². The number of hydrogen-bond donors (Lipinski definition) is 3. The van der Waals surface area contributed by atoms with Crippen LogP contribution < -0.4 is 16.2 Å². The normalized spacial score (nSPS) is 12.0. The summed E-state index contributed by atoms with van der Waals surface area (Å²) in [6.07, 6.45) is 2.67. The molecule has 1 aromatic carbocycles. The van der Waals surface area contributed by atoms with Gasteiger partial charge in [-0.15, -0.1) is 22.7 Å². The molecule has 0 spiro atoms. The first kappa shape index (κ1) is 32.1. The van der Waals surface area contributed by atoms with Crippen molar-refractivity contribution in [3.8, 4) is 9.88 Å². The second-order valence-electron chi connectivity index (χ2n) is 9.73. The molecule has 4 rings (SSSR count). The molecule has 3 aromatic heterocycles. The maximum Gasteiger partial charge on any atom is 0.408 e. The van der Waals surface area contributed by atoms with E-state index in [4.69, 9.17) is 16.3 Å². The number of thiophene rings is 1. The minimum Gasteiger partial charge on any atom is -0.445 e. The molecule has 15 heteroatoms. The van der Waals surface area contributed by atoms with Gasteiger partial charge in [0.05, 0.1) is 15.5 Å². The van der Waals surface area contributed by atoms with Gasteiger partial charge in [-0.3, -0.25) is 25.4 Å². The Balaban J connectivity index is 1.35. The van der Waals surface area contributed by atoms with Gasteiger partial charge in [0.25, 0.3) is 11.8 Å². The lowest BCUT2D eigenvalue weighted by Gasteiger charge is -2.20. The highest BCUT2D eigenvalue weighted by Crippen LogP contribution is 2.34. The molecule has 3 amide bonds. The van der Waals surface area contributed by atoms with Gasteiger partial charge in [-0.25, -0.2) is 18.2 Å². The van der Waals surface area contributed by atoms with Gasteiger partial charge in [-0.05, 0) is 71.3 Å². The summed E-state index contributed by atoms with van der Waals surface area (Å²) in [4.78, 5) is 47.0. The third-order valence-corrected chi connectivity index (χ3v) is 9.82. The second-order valence-corrected chi connectivity index (χ2v) is 13.9. The Bertz CT molecular complexity index is 1670. The van der Waals surface area contributed by atoms with Crippen molar-refractivity contribution < 1.29 is 27.5 Å². The van der Waals surface area contributed by atoms with E-state index in [2.05, 4.69) is 26.1 Å². The van der Waals surface area contributed by atoms with E-state index in [-0.39, 0.29) is 28.9 Å². The van der Waals surface area contributed by atoms with Crippen molar-refractivity contribution in [1.29, 1.82) is 0 Å². The highest BCUT2D eigenvalue weighted by atomic mass is 35.5. The standard InChI is InChI=1S/C28H28ClN5O6S3/c1-17(2)13-22(32-28(37)40-14-18-7-10-30-11-8-18)25(35)33-34-26(36)23-15-42-27(31-23)24-19(9-12-41-24)16-43(38,39)21-5-3-20(29)4-6-21/h3-12,15,17,22H,13-14,16H2,1-2H3,(H,32,37)(H,33,35)(H,34,36)/t22-/m1/s1. The number of hydrazine groups is 1. The fourth-order valence-corrected chi connectivity index (χ4v) is 7.29. The number of carbonyl (C=O) groups excluding carboxylic acids is 3. The molecule has 0 saturated heterocycles. The molecule has 0 fully saturated rings. The van der Waals surface area contributed by atoms with Crippen molar-refractivity contribution in [2.75, 3.05) is 0 Å². The number of thiazole rings is 1. The van der Waals surface area contributed by atoms with Crippen molar-refractivity contribution in [3.63, 3.8) is 0 Å². The van der Waals surface area contributed by atoms with Crippen LogP contribution in [-0.2, 0) is 31.7 Å². The molecule has 4 aromatic rings. The zero-order valence-corrected chi connectivity index (χ0v) is 26.3. The lowest BCUT2D eigenvalue weighted by Crippen LogP contribution is -2.52. The smallest absolute Gasteiger partial charge is 0.408 e. The Labute approximate surface area is 261 Å². The van der Waals surface area contributed by atoms with Crippen LogP contribution in [0.5, 0.6) is 0 Å². The summed E-state index contributed by atoms with van der Waals surface area (Å²) >= 11 is 8.36. The van der Waals surface area contributed by atoms with Crippen molar-refractivity contribution in [3.05, 3.63) is 87.5 Å². The van der Waals surface area contributed by atoms with E-state index in [1.165, 1.54) is 52.3 Å². The average molecular weight is 662 g/mol. The zero-order valence-electron chi connectivity index (χ0n) is 23.1. The predicted molar refractivity (Wildman–Crippen MR) is 164 cm³/mol. The van der Waals surface area contributed by atoms with Crippen LogP contribution in [0.4, 0.5) is 4.79 Å². The summed E-state index contributed by atoms with van der Waals surface area (Å²) in [7, 11) is -3.65. The highest BCUT2D eigenvalue weighted by molar-refractivity contribution is 7.90. The third kappa shape index (κ3) is 9.07. The van der Waals surface area contributed by atoms with Gasteiger partial charge in [0.2, 0.25) is 0 Å². The van der Waals surface area contributed by atoms with Gasteiger partial charge in [0.15, 0.2) is 9.84 Å².